The van der Waals surface area contributed by atoms with Crippen molar-refractivity contribution >= 4 is 21.7 Å². The van der Waals surface area contributed by atoms with Gasteiger partial charge in [-0.05, 0) is 12.8 Å². The van der Waals surface area contributed by atoms with Crippen LogP contribution in [0.15, 0.2) is 6.20 Å². The highest BCUT2D eigenvalue weighted by molar-refractivity contribution is 7.92. The molecule has 94 valence electrons. The maximum absolute atomic E-state index is 11.4. The quantitative estimate of drug-likeness (QED) is 0.700. The van der Waals surface area contributed by atoms with Gasteiger partial charge >= 0.3 is 0 Å². The number of carbonyl (C=O) groups excluding carboxylic acids is 1. The fourth-order valence-electron chi connectivity index (χ4n) is 1.24. The molecular formula is C8H13N5O3S. The lowest BCUT2D eigenvalue weighted by molar-refractivity contribution is -0.122. The van der Waals surface area contributed by atoms with Crippen LogP contribution in [0.25, 0.3) is 0 Å². The molecule has 17 heavy (non-hydrogen) atoms. The highest BCUT2D eigenvalue weighted by Crippen LogP contribution is 2.18. The number of nitrogens with zero attached hydrogens (tertiary/aromatic N) is 3. The zero-order valence-corrected chi connectivity index (χ0v) is 10.1. The van der Waals surface area contributed by atoms with Crippen LogP contribution in [0.4, 0.5) is 5.82 Å². The second-order valence-electron chi connectivity index (χ2n) is 3.98. The van der Waals surface area contributed by atoms with Crippen molar-refractivity contribution in [3.05, 3.63) is 6.20 Å². The molecule has 1 heterocycles. The summed E-state index contributed by atoms with van der Waals surface area (Å²) >= 11 is 0. The van der Waals surface area contributed by atoms with Gasteiger partial charge in [0, 0.05) is 6.04 Å². The third-order valence-electron chi connectivity index (χ3n) is 2.05. The number of aromatic nitrogens is 3. The summed E-state index contributed by atoms with van der Waals surface area (Å²) in [7, 11) is -3.37. The molecule has 1 fully saturated rings. The molecule has 0 unspecified atom stereocenters. The van der Waals surface area contributed by atoms with E-state index in [9.17, 15) is 13.2 Å². The Morgan fingerprint density at radius 3 is 2.88 bits per heavy atom. The molecule has 1 aliphatic carbocycles. The first-order chi connectivity index (χ1) is 7.92. The van der Waals surface area contributed by atoms with E-state index < -0.39 is 10.0 Å². The molecule has 0 radical (unpaired) electrons. The van der Waals surface area contributed by atoms with Crippen LogP contribution >= 0.6 is 0 Å². The molecule has 0 saturated heterocycles. The minimum absolute atomic E-state index is 0.0120. The molecular weight excluding hydrogens is 246 g/mol. The van der Waals surface area contributed by atoms with Crippen LogP contribution < -0.4 is 10.0 Å². The van der Waals surface area contributed by atoms with Gasteiger partial charge in [-0.3, -0.25) is 9.52 Å². The molecule has 9 heteroatoms. The van der Waals surface area contributed by atoms with Crippen molar-refractivity contribution in [3.63, 3.8) is 0 Å². The molecule has 1 aromatic heterocycles. The zero-order valence-electron chi connectivity index (χ0n) is 9.25. The van der Waals surface area contributed by atoms with E-state index in [4.69, 9.17) is 0 Å². The number of hydrogen-bond donors (Lipinski definition) is 2. The Morgan fingerprint density at radius 2 is 2.29 bits per heavy atom. The summed E-state index contributed by atoms with van der Waals surface area (Å²) in [6.07, 6.45) is 4.30. The molecule has 1 amide bonds. The fourth-order valence-corrected chi connectivity index (χ4v) is 1.71. The first kappa shape index (κ1) is 11.8. The van der Waals surface area contributed by atoms with Crippen LogP contribution in [0.1, 0.15) is 12.8 Å². The molecule has 0 bridgehead atoms. The first-order valence-corrected chi connectivity index (χ1v) is 6.99. The van der Waals surface area contributed by atoms with Crippen molar-refractivity contribution in [2.24, 2.45) is 0 Å². The molecule has 0 spiro atoms. The van der Waals surface area contributed by atoms with Gasteiger partial charge < -0.3 is 5.32 Å². The van der Waals surface area contributed by atoms with E-state index >= 15 is 0 Å². The summed E-state index contributed by atoms with van der Waals surface area (Å²) in [5.41, 5.74) is 0. The van der Waals surface area contributed by atoms with E-state index in [1.54, 1.807) is 0 Å². The molecule has 8 nitrogen and oxygen atoms in total. The maximum atomic E-state index is 11.4. The number of nitrogens with one attached hydrogen (secondary N) is 2. The van der Waals surface area contributed by atoms with Gasteiger partial charge in [0.1, 0.15) is 6.54 Å². The Bertz CT molecular complexity index is 519. The molecule has 2 N–H and O–H groups in total. The Morgan fingerprint density at radius 1 is 1.59 bits per heavy atom. The summed E-state index contributed by atoms with van der Waals surface area (Å²) in [6, 6.07) is 0.284. The van der Waals surface area contributed by atoms with E-state index in [0.29, 0.717) is 0 Å². The zero-order chi connectivity index (χ0) is 12.5. The number of rotatable bonds is 5. The van der Waals surface area contributed by atoms with Crippen molar-refractivity contribution in [2.45, 2.75) is 25.4 Å². The summed E-state index contributed by atoms with van der Waals surface area (Å²) in [4.78, 5) is 12.6. The molecule has 1 aliphatic rings. The number of sulfonamides is 1. The molecule has 0 atom stereocenters. The predicted octanol–water partition coefficient (Wildman–Crippen LogP) is -1.07. The van der Waals surface area contributed by atoms with Crippen LogP contribution in [0.2, 0.25) is 0 Å². The van der Waals surface area contributed by atoms with E-state index in [2.05, 4.69) is 20.2 Å². The highest BCUT2D eigenvalue weighted by atomic mass is 32.2. The minimum atomic E-state index is -3.37. The van der Waals surface area contributed by atoms with Crippen LogP contribution in [0.5, 0.6) is 0 Å². The predicted molar refractivity (Wildman–Crippen MR) is 59.7 cm³/mol. The lowest BCUT2D eigenvalue weighted by atomic mass is 10.5. The second kappa shape index (κ2) is 4.32. The van der Waals surface area contributed by atoms with E-state index in [-0.39, 0.29) is 24.3 Å². The SMILES string of the molecule is CS(=O)(=O)Nc1cnn(CC(=O)NC2CC2)n1. The topological polar surface area (TPSA) is 106 Å². The van der Waals surface area contributed by atoms with Gasteiger partial charge in [0.2, 0.25) is 15.9 Å². The van der Waals surface area contributed by atoms with Crippen molar-refractivity contribution in [1.82, 2.24) is 20.3 Å². The van der Waals surface area contributed by atoms with Crippen LogP contribution in [0, 0.1) is 0 Å². The van der Waals surface area contributed by atoms with Crippen molar-refractivity contribution in [3.8, 4) is 0 Å². The minimum Gasteiger partial charge on any atom is -0.352 e. The third-order valence-corrected chi connectivity index (χ3v) is 2.63. The standard InChI is InChI=1S/C8H13N5O3S/c1-17(15,16)12-7-4-9-13(11-7)5-8(14)10-6-2-3-6/h4,6H,2-3,5H2,1H3,(H,10,14)(H,11,12). The monoisotopic (exact) mass is 259 g/mol. The van der Waals surface area contributed by atoms with Crippen molar-refractivity contribution in [2.75, 3.05) is 11.0 Å². The lowest BCUT2D eigenvalue weighted by Gasteiger charge is -2.01. The van der Waals surface area contributed by atoms with Gasteiger partial charge in [-0.1, -0.05) is 0 Å². The summed E-state index contributed by atoms with van der Waals surface area (Å²) in [6.45, 7) is -0.0120. The molecule has 1 aromatic rings. The largest absolute Gasteiger partial charge is 0.352 e. The average molecular weight is 259 g/mol. The molecule has 0 aliphatic heterocycles. The van der Waals surface area contributed by atoms with Crippen LogP contribution in [-0.2, 0) is 21.4 Å². The number of amides is 1. The Kier molecular flexibility index (Phi) is 3.01. The Balaban J connectivity index is 1.91. The smallest absolute Gasteiger partial charge is 0.243 e. The number of carbonyl (C=O) groups is 1. The third kappa shape index (κ3) is 4.02. The lowest BCUT2D eigenvalue weighted by Crippen LogP contribution is -2.30. The van der Waals surface area contributed by atoms with Gasteiger partial charge in [0.15, 0.2) is 5.82 Å². The molecule has 1 saturated carbocycles. The van der Waals surface area contributed by atoms with Crippen molar-refractivity contribution < 1.29 is 13.2 Å². The van der Waals surface area contributed by atoms with Crippen LogP contribution in [0.3, 0.4) is 0 Å². The molecule has 0 aromatic carbocycles. The maximum Gasteiger partial charge on any atom is 0.243 e. The van der Waals surface area contributed by atoms with E-state index in [1.807, 2.05) is 0 Å². The van der Waals surface area contributed by atoms with E-state index in [1.165, 1.54) is 6.20 Å². The first-order valence-electron chi connectivity index (χ1n) is 5.10. The number of anilines is 1. The van der Waals surface area contributed by atoms with Gasteiger partial charge in [-0.25, -0.2) is 8.42 Å². The van der Waals surface area contributed by atoms with Crippen LogP contribution in [-0.4, -0.2) is 41.6 Å². The summed E-state index contributed by atoms with van der Waals surface area (Å²) in [5.74, 6) is -0.0688. The van der Waals surface area contributed by atoms with Gasteiger partial charge in [0.25, 0.3) is 0 Å². The van der Waals surface area contributed by atoms with Gasteiger partial charge in [-0.2, -0.15) is 9.90 Å². The summed E-state index contributed by atoms with van der Waals surface area (Å²) < 4.78 is 24.0. The summed E-state index contributed by atoms with van der Waals surface area (Å²) in [5, 5.41) is 10.4. The van der Waals surface area contributed by atoms with Gasteiger partial charge in [-0.15, -0.1) is 5.10 Å². The van der Waals surface area contributed by atoms with Gasteiger partial charge in [0.05, 0.1) is 12.5 Å². The Labute approximate surface area is 98.4 Å². The average Bonchev–Trinajstić information content (AvgIpc) is 2.86. The van der Waals surface area contributed by atoms with E-state index in [0.717, 1.165) is 23.9 Å². The highest BCUT2D eigenvalue weighted by Gasteiger charge is 2.23. The van der Waals surface area contributed by atoms with Crippen molar-refractivity contribution in [1.29, 1.82) is 0 Å². The number of hydrogen-bond acceptors (Lipinski definition) is 5. The normalized spacial score (nSPS) is 15.6. The Hall–Kier alpha value is -1.64. The second-order valence-corrected chi connectivity index (χ2v) is 5.72. The molecule has 2 rings (SSSR count). The fraction of sp³-hybridized carbons (Fsp3) is 0.625.